The van der Waals surface area contributed by atoms with Gasteiger partial charge in [-0.3, -0.25) is 4.31 Å². The second kappa shape index (κ2) is 14.0. The minimum atomic E-state index is -3.43. The summed E-state index contributed by atoms with van der Waals surface area (Å²) in [4.78, 5) is 11.4. The number of piperidine rings is 1. The second-order valence-electron chi connectivity index (χ2n) is 10.8. The van der Waals surface area contributed by atoms with E-state index in [1.165, 1.54) is 10.5 Å². The first-order valence-electron chi connectivity index (χ1n) is 14.8. The summed E-state index contributed by atoms with van der Waals surface area (Å²) < 4.78 is 33.2. The predicted octanol–water partition coefficient (Wildman–Crippen LogP) is 4.51. The van der Waals surface area contributed by atoms with Gasteiger partial charge in [-0.1, -0.05) is 30.7 Å². The van der Waals surface area contributed by atoms with Gasteiger partial charge in [0.05, 0.1) is 36.1 Å². The number of halogens is 1. The Morgan fingerprint density at radius 1 is 1.07 bits per heavy atom. The van der Waals surface area contributed by atoms with Crippen LogP contribution in [0.3, 0.4) is 0 Å². The SMILES string of the molecule is CCCS(=O)(=O)N1CCc2cccc(Nc3nc(Nc4ccc(N5CCC(NCCNC)CC5)cc4OC)ncc3Cl)c21. The lowest BCUT2D eigenvalue weighted by Crippen LogP contribution is -2.44. The van der Waals surface area contributed by atoms with E-state index >= 15 is 0 Å². The molecule has 5 rings (SSSR count). The van der Waals surface area contributed by atoms with Gasteiger partial charge in [0.2, 0.25) is 16.0 Å². The Labute approximate surface area is 259 Å². The van der Waals surface area contributed by atoms with Crippen molar-refractivity contribution in [2.24, 2.45) is 0 Å². The number of methoxy groups -OCH3 is 1. The van der Waals surface area contributed by atoms with E-state index in [1.54, 1.807) is 7.11 Å². The van der Waals surface area contributed by atoms with E-state index in [-0.39, 0.29) is 5.75 Å². The number of benzene rings is 2. The molecule has 0 saturated carbocycles. The van der Waals surface area contributed by atoms with Gasteiger partial charge in [0.15, 0.2) is 5.82 Å². The molecule has 2 aliphatic heterocycles. The number of hydrogen-bond donors (Lipinski definition) is 4. The van der Waals surface area contributed by atoms with Gasteiger partial charge in [0.25, 0.3) is 0 Å². The van der Waals surface area contributed by atoms with Crippen LogP contribution in [-0.2, 0) is 16.4 Å². The van der Waals surface area contributed by atoms with Crippen LogP contribution < -0.4 is 35.2 Å². The van der Waals surface area contributed by atoms with E-state index in [0.29, 0.717) is 59.3 Å². The largest absolute Gasteiger partial charge is 0.494 e. The zero-order chi connectivity index (χ0) is 30.4. The fraction of sp³-hybridized carbons (Fsp3) is 0.467. The van der Waals surface area contributed by atoms with Crippen molar-refractivity contribution in [1.82, 2.24) is 20.6 Å². The monoisotopic (exact) mass is 628 g/mol. The molecule has 3 aromatic rings. The van der Waals surface area contributed by atoms with Crippen LogP contribution in [0.15, 0.2) is 42.6 Å². The summed E-state index contributed by atoms with van der Waals surface area (Å²) in [6, 6.07) is 12.3. The number of ether oxygens (including phenoxy) is 1. The molecule has 0 unspecified atom stereocenters. The topological polar surface area (TPSA) is 124 Å². The third-order valence-electron chi connectivity index (χ3n) is 7.85. The number of fused-ring (bicyclic) bond motifs is 1. The molecule has 43 heavy (non-hydrogen) atoms. The highest BCUT2D eigenvalue weighted by atomic mass is 35.5. The van der Waals surface area contributed by atoms with Crippen molar-refractivity contribution in [2.45, 2.75) is 38.6 Å². The molecule has 1 fully saturated rings. The average Bonchev–Trinajstić information content (AvgIpc) is 3.46. The molecule has 232 valence electrons. The summed E-state index contributed by atoms with van der Waals surface area (Å²) in [5.74, 6) is 1.47. The van der Waals surface area contributed by atoms with Crippen LogP contribution in [0, 0.1) is 0 Å². The third kappa shape index (κ3) is 7.26. The number of nitrogens with one attached hydrogen (secondary N) is 4. The molecule has 11 nitrogen and oxygen atoms in total. The van der Waals surface area contributed by atoms with Crippen molar-refractivity contribution in [3.8, 4) is 5.75 Å². The lowest BCUT2D eigenvalue weighted by atomic mass is 10.0. The molecule has 0 atom stereocenters. The molecule has 1 saturated heterocycles. The molecule has 0 bridgehead atoms. The van der Waals surface area contributed by atoms with Crippen LogP contribution in [0.2, 0.25) is 5.02 Å². The predicted molar refractivity (Wildman–Crippen MR) is 175 cm³/mol. The maximum absolute atomic E-state index is 13.0. The molecule has 4 N–H and O–H groups in total. The van der Waals surface area contributed by atoms with Gasteiger partial charge in [-0.2, -0.15) is 4.98 Å². The van der Waals surface area contributed by atoms with Crippen LogP contribution in [-0.4, -0.2) is 77.1 Å². The van der Waals surface area contributed by atoms with Crippen LogP contribution in [0.1, 0.15) is 31.7 Å². The first-order chi connectivity index (χ1) is 20.8. The summed E-state index contributed by atoms with van der Waals surface area (Å²) in [5.41, 5.74) is 4.07. The molecule has 2 aromatic carbocycles. The van der Waals surface area contributed by atoms with Crippen molar-refractivity contribution < 1.29 is 13.2 Å². The minimum absolute atomic E-state index is 0.0934. The summed E-state index contributed by atoms with van der Waals surface area (Å²) in [7, 11) is 0.184. The van der Waals surface area contributed by atoms with Gasteiger partial charge in [0.1, 0.15) is 10.8 Å². The lowest BCUT2D eigenvalue weighted by molar-refractivity contribution is 0.410. The molecule has 3 heterocycles. The average molecular weight is 629 g/mol. The van der Waals surface area contributed by atoms with Gasteiger partial charge in [0, 0.05) is 50.5 Å². The van der Waals surface area contributed by atoms with Gasteiger partial charge in [-0.15, -0.1) is 0 Å². The van der Waals surface area contributed by atoms with E-state index in [9.17, 15) is 8.42 Å². The van der Waals surface area contributed by atoms with Crippen LogP contribution in [0.25, 0.3) is 0 Å². The zero-order valence-electron chi connectivity index (χ0n) is 25.0. The highest BCUT2D eigenvalue weighted by Crippen LogP contribution is 2.40. The number of hydrogen-bond acceptors (Lipinski definition) is 10. The van der Waals surface area contributed by atoms with Crippen LogP contribution in [0.5, 0.6) is 5.75 Å². The van der Waals surface area contributed by atoms with Crippen molar-refractivity contribution in [2.75, 3.05) is 72.5 Å². The number of sulfonamides is 1. The maximum Gasteiger partial charge on any atom is 0.235 e. The van der Waals surface area contributed by atoms with Crippen molar-refractivity contribution >= 4 is 56.1 Å². The fourth-order valence-electron chi connectivity index (χ4n) is 5.65. The van der Waals surface area contributed by atoms with Gasteiger partial charge in [-0.25, -0.2) is 13.4 Å². The Bertz CT molecular complexity index is 1520. The normalized spacial score (nSPS) is 15.4. The van der Waals surface area contributed by atoms with Crippen molar-refractivity contribution in [3.63, 3.8) is 0 Å². The molecular weight excluding hydrogens is 588 g/mol. The van der Waals surface area contributed by atoms with Crippen molar-refractivity contribution in [1.29, 1.82) is 0 Å². The van der Waals surface area contributed by atoms with Crippen molar-refractivity contribution in [3.05, 3.63) is 53.2 Å². The van der Waals surface area contributed by atoms with E-state index in [4.69, 9.17) is 16.3 Å². The molecule has 0 aliphatic carbocycles. The summed E-state index contributed by atoms with van der Waals surface area (Å²) >= 11 is 6.50. The van der Waals surface area contributed by atoms with Crippen LogP contribution >= 0.6 is 11.6 Å². The van der Waals surface area contributed by atoms with Gasteiger partial charge >= 0.3 is 0 Å². The number of rotatable bonds is 13. The number of para-hydroxylation sites is 1. The Kier molecular flexibility index (Phi) is 10.1. The number of likely N-dealkylation sites (N-methyl/N-ethyl adjacent to an activating group) is 1. The highest BCUT2D eigenvalue weighted by Gasteiger charge is 2.31. The Morgan fingerprint density at radius 3 is 2.63 bits per heavy atom. The third-order valence-corrected chi connectivity index (χ3v) is 10.1. The minimum Gasteiger partial charge on any atom is -0.494 e. The molecule has 0 radical (unpaired) electrons. The summed E-state index contributed by atoms with van der Waals surface area (Å²) in [6.45, 7) is 6.18. The Morgan fingerprint density at radius 2 is 1.88 bits per heavy atom. The van der Waals surface area contributed by atoms with Gasteiger partial charge < -0.3 is 30.9 Å². The Hall–Kier alpha value is -3.32. The number of anilines is 6. The molecule has 0 amide bonds. The number of aromatic nitrogens is 2. The maximum atomic E-state index is 13.0. The quantitative estimate of drug-likeness (QED) is 0.201. The van der Waals surface area contributed by atoms with E-state index < -0.39 is 10.0 Å². The smallest absolute Gasteiger partial charge is 0.235 e. The van der Waals surface area contributed by atoms with Crippen LogP contribution in [0.4, 0.5) is 34.5 Å². The summed E-state index contributed by atoms with van der Waals surface area (Å²) in [5, 5.41) is 13.6. The molecule has 2 aliphatic rings. The van der Waals surface area contributed by atoms with E-state index in [2.05, 4.69) is 42.2 Å². The lowest BCUT2D eigenvalue weighted by Gasteiger charge is -2.34. The van der Waals surface area contributed by atoms with Gasteiger partial charge in [-0.05, 0) is 56.5 Å². The second-order valence-corrected chi connectivity index (χ2v) is 13.2. The Balaban J connectivity index is 1.31. The molecule has 13 heteroatoms. The fourth-order valence-corrected chi connectivity index (χ4v) is 7.39. The number of nitrogens with zero attached hydrogens (tertiary/aromatic N) is 4. The standard InChI is InChI=1S/C30H41ClN8O3S/c1-4-18-43(40,41)39-17-10-21-6-5-7-26(28(21)39)35-29-24(31)20-34-30(37-29)36-25-9-8-23(19-27(25)42-3)38-15-11-22(12-16-38)33-14-13-32-2/h5-9,19-20,22,32-33H,4,10-18H2,1-3H3,(H2,34,35,36,37). The highest BCUT2D eigenvalue weighted by molar-refractivity contribution is 7.92. The van der Waals surface area contributed by atoms with E-state index in [1.807, 2.05) is 44.3 Å². The molecular formula is C30H41ClN8O3S. The molecule has 1 aromatic heterocycles. The first-order valence-corrected chi connectivity index (χ1v) is 16.8. The zero-order valence-corrected chi connectivity index (χ0v) is 26.6. The molecule has 0 spiro atoms. The first kappa shape index (κ1) is 31.1. The summed E-state index contributed by atoms with van der Waals surface area (Å²) in [6.07, 6.45) is 4.90. The van der Waals surface area contributed by atoms with E-state index in [0.717, 1.165) is 56.0 Å².